The summed E-state index contributed by atoms with van der Waals surface area (Å²) >= 11 is 6.37. The third kappa shape index (κ3) is 3.97. The number of hydrogen-bond donors (Lipinski definition) is 0. The van der Waals surface area contributed by atoms with Gasteiger partial charge in [0.15, 0.2) is 5.76 Å². The highest BCUT2D eigenvalue weighted by Crippen LogP contribution is 2.36. The number of halogens is 1. The van der Waals surface area contributed by atoms with Crippen molar-refractivity contribution in [1.29, 1.82) is 0 Å². The molecule has 0 aliphatic carbocycles. The minimum Gasteiger partial charge on any atom is -0.452 e. The summed E-state index contributed by atoms with van der Waals surface area (Å²) in [5.74, 6) is -2.02. The van der Waals surface area contributed by atoms with Crippen LogP contribution in [0.2, 0.25) is 5.02 Å². The van der Waals surface area contributed by atoms with Gasteiger partial charge in [-0.05, 0) is 61.4 Å². The molecule has 0 saturated carbocycles. The normalized spacial score (nSPS) is 12.8. The van der Waals surface area contributed by atoms with Gasteiger partial charge in [0, 0.05) is 12.1 Å². The SMILES string of the molecule is Cc1cc2oc(-c3ccccc3Cl)c(OC(=O)CCN3C(=O)c4ccccc4C3=O)c(=O)c2cc1C. The second-order valence-electron chi connectivity index (χ2n) is 8.53. The molecule has 2 heterocycles. The van der Waals surface area contributed by atoms with Crippen LogP contribution in [0.1, 0.15) is 38.3 Å². The Kier molecular flexibility index (Phi) is 5.94. The third-order valence-corrected chi connectivity index (χ3v) is 6.55. The smallest absolute Gasteiger partial charge is 0.313 e. The summed E-state index contributed by atoms with van der Waals surface area (Å²) in [5.41, 5.74) is 2.59. The summed E-state index contributed by atoms with van der Waals surface area (Å²) in [6.07, 6.45) is -0.308. The molecule has 2 amide bonds. The molecule has 1 aliphatic heterocycles. The number of imide groups is 1. The van der Waals surface area contributed by atoms with E-state index in [0.29, 0.717) is 16.2 Å². The van der Waals surface area contributed by atoms with Crippen LogP contribution in [-0.2, 0) is 4.79 Å². The Balaban J connectivity index is 1.48. The van der Waals surface area contributed by atoms with E-state index in [1.165, 1.54) is 0 Å². The molecule has 0 atom stereocenters. The highest BCUT2D eigenvalue weighted by atomic mass is 35.5. The van der Waals surface area contributed by atoms with Gasteiger partial charge in [-0.2, -0.15) is 0 Å². The lowest BCUT2D eigenvalue weighted by atomic mass is 10.0. The molecule has 3 aromatic carbocycles. The van der Waals surface area contributed by atoms with Gasteiger partial charge in [-0.25, -0.2) is 0 Å². The first-order valence-electron chi connectivity index (χ1n) is 11.2. The number of carbonyl (C=O) groups excluding carboxylic acids is 3. The zero-order valence-electron chi connectivity index (χ0n) is 19.5. The quantitative estimate of drug-likeness (QED) is 0.271. The summed E-state index contributed by atoms with van der Waals surface area (Å²) in [5, 5.41) is 0.573. The Morgan fingerprint density at radius 2 is 1.47 bits per heavy atom. The fourth-order valence-electron chi connectivity index (χ4n) is 4.16. The van der Waals surface area contributed by atoms with Gasteiger partial charge < -0.3 is 9.15 Å². The van der Waals surface area contributed by atoms with E-state index < -0.39 is 23.2 Å². The maximum Gasteiger partial charge on any atom is 0.313 e. The Bertz CT molecular complexity index is 1600. The summed E-state index contributed by atoms with van der Waals surface area (Å²) in [6, 6.07) is 16.6. The molecule has 0 saturated heterocycles. The van der Waals surface area contributed by atoms with Gasteiger partial charge in [0.05, 0.1) is 28.0 Å². The molecule has 5 rings (SSSR count). The Morgan fingerprint density at radius 3 is 2.11 bits per heavy atom. The van der Waals surface area contributed by atoms with Gasteiger partial charge in [-0.1, -0.05) is 35.9 Å². The summed E-state index contributed by atoms with van der Waals surface area (Å²) in [4.78, 5) is 52.5. The summed E-state index contributed by atoms with van der Waals surface area (Å²) in [7, 11) is 0. The first-order valence-corrected chi connectivity index (χ1v) is 11.6. The van der Waals surface area contributed by atoms with Crippen LogP contribution >= 0.6 is 11.6 Å². The lowest BCUT2D eigenvalue weighted by molar-refractivity contribution is -0.134. The molecule has 0 spiro atoms. The van der Waals surface area contributed by atoms with E-state index in [4.69, 9.17) is 20.8 Å². The summed E-state index contributed by atoms with van der Waals surface area (Å²) in [6.45, 7) is 3.57. The van der Waals surface area contributed by atoms with Gasteiger partial charge in [0.2, 0.25) is 11.2 Å². The molecule has 180 valence electrons. The van der Waals surface area contributed by atoms with Crippen molar-refractivity contribution >= 4 is 40.4 Å². The Hall–Kier alpha value is -4.23. The van der Waals surface area contributed by atoms with Crippen molar-refractivity contribution < 1.29 is 23.5 Å². The van der Waals surface area contributed by atoms with Gasteiger partial charge in [-0.3, -0.25) is 24.1 Å². The largest absolute Gasteiger partial charge is 0.452 e. The van der Waals surface area contributed by atoms with Crippen LogP contribution in [0, 0.1) is 13.8 Å². The third-order valence-electron chi connectivity index (χ3n) is 6.22. The van der Waals surface area contributed by atoms with E-state index in [1.54, 1.807) is 60.7 Å². The fourth-order valence-corrected chi connectivity index (χ4v) is 4.38. The number of aryl methyl sites for hydroxylation is 2. The second kappa shape index (κ2) is 9.09. The van der Waals surface area contributed by atoms with Crippen LogP contribution in [-0.4, -0.2) is 29.2 Å². The fraction of sp³-hybridized carbons (Fsp3) is 0.143. The van der Waals surface area contributed by atoms with Crippen LogP contribution < -0.4 is 10.2 Å². The highest BCUT2D eigenvalue weighted by Gasteiger charge is 2.35. The van der Waals surface area contributed by atoms with Crippen LogP contribution in [0.25, 0.3) is 22.3 Å². The zero-order chi connectivity index (χ0) is 25.6. The molecule has 0 N–H and O–H groups in total. The second-order valence-corrected chi connectivity index (χ2v) is 8.94. The maximum atomic E-state index is 13.4. The van der Waals surface area contributed by atoms with E-state index in [9.17, 15) is 19.2 Å². The van der Waals surface area contributed by atoms with Crippen molar-refractivity contribution in [3.8, 4) is 17.1 Å². The molecule has 1 aromatic heterocycles. The van der Waals surface area contributed by atoms with Gasteiger partial charge in [-0.15, -0.1) is 0 Å². The molecule has 0 fully saturated rings. The zero-order valence-corrected chi connectivity index (χ0v) is 20.2. The number of fused-ring (bicyclic) bond motifs is 2. The minimum absolute atomic E-state index is 0.0235. The average Bonchev–Trinajstić information content (AvgIpc) is 3.11. The van der Waals surface area contributed by atoms with Crippen LogP contribution in [0.3, 0.4) is 0 Å². The van der Waals surface area contributed by atoms with Gasteiger partial charge >= 0.3 is 5.97 Å². The van der Waals surface area contributed by atoms with E-state index in [-0.39, 0.29) is 41.0 Å². The molecule has 0 radical (unpaired) electrons. The first kappa shape index (κ1) is 23.5. The van der Waals surface area contributed by atoms with Crippen LogP contribution in [0.4, 0.5) is 0 Å². The van der Waals surface area contributed by atoms with Crippen molar-refractivity contribution in [3.63, 3.8) is 0 Å². The van der Waals surface area contributed by atoms with Crippen molar-refractivity contribution in [2.75, 3.05) is 6.54 Å². The predicted octanol–water partition coefficient (Wildman–Crippen LogP) is 5.32. The number of rotatable bonds is 5. The molecule has 4 aromatic rings. The Labute approximate surface area is 210 Å². The molecular formula is C28H20ClNO6. The molecule has 1 aliphatic rings. The number of hydrogen-bond acceptors (Lipinski definition) is 6. The maximum absolute atomic E-state index is 13.4. The number of ether oxygens (including phenoxy) is 1. The number of benzene rings is 3. The van der Waals surface area contributed by atoms with Gasteiger partial charge in [0.1, 0.15) is 5.58 Å². The van der Waals surface area contributed by atoms with Crippen LogP contribution in [0.5, 0.6) is 5.75 Å². The minimum atomic E-state index is -0.796. The van der Waals surface area contributed by atoms with E-state index in [1.807, 2.05) is 13.8 Å². The molecule has 7 nitrogen and oxygen atoms in total. The average molecular weight is 502 g/mol. The summed E-state index contributed by atoms with van der Waals surface area (Å²) < 4.78 is 11.6. The molecule has 0 unspecified atom stereocenters. The number of amides is 2. The Morgan fingerprint density at radius 1 is 0.889 bits per heavy atom. The lowest BCUT2D eigenvalue weighted by Gasteiger charge is -2.15. The number of nitrogens with zero attached hydrogens (tertiary/aromatic N) is 1. The topological polar surface area (TPSA) is 93.9 Å². The standard InChI is InChI=1S/C28H20ClNO6/c1-15-13-20-22(14-16(15)2)35-25(19-9-5-6-10-21(19)29)26(24(20)32)36-23(31)11-12-30-27(33)17-7-3-4-8-18(17)28(30)34/h3-10,13-14H,11-12H2,1-2H3. The first-order chi connectivity index (χ1) is 17.3. The van der Waals surface area contributed by atoms with Crippen molar-refractivity contribution in [3.05, 3.63) is 98.2 Å². The molecule has 8 heteroatoms. The number of carbonyl (C=O) groups is 3. The number of esters is 1. The van der Waals surface area contributed by atoms with E-state index in [0.717, 1.165) is 16.0 Å². The van der Waals surface area contributed by atoms with E-state index in [2.05, 4.69) is 0 Å². The monoisotopic (exact) mass is 501 g/mol. The van der Waals surface area contributed by atoms with E-state index >= 15 is 0 Å². The molecule has 36 heavy (non-hydrogen) atoms. The molecule has 0 bridgehead atoms. The molecular weight excluding hydrogens is 482 g/mol. The van der Waals surface area contributed by atoms with Crippen molar-refractivity contribution in [2.24, 2.45) is 0 Å². The lowest BCUT2D eigenvalue weighted by Crippen LogP contribution is -2.32. The van der Waals surface area contributed by atoms with Gasteiger partial charge in [0.25, 0.3) is 11.8 Å². The van der Waals surface area contributed by atoms with Crippen molar-refractivity contribution in [1.82, 2.24) is 4.90 Å². The predicted molar refractivity (Wildman–Crippen MR) is 134 cm³/mol. The van der Waals surface area contributed by atoms with Crippen molar-refractivity contribution in [2.45, 2.75) is 20.3 Å². The van der Waals surface area contributed by atoms with Crippen LogP contribution in [0.15, 0.2) is 69.9 Å². The highest BCUT2D eigenvalue weighted by molar-refractivity contribution is 6.33.